The Kier molecular flexibility index (Phi) is 7.98. The number of likely N-dealkylation sites (N-methyl/N-ethyl adjacent to an activating group) is 1. The molecule has 0 aliphatic carbocycles. The zero-order valence-electron chi connectivity index (χ0n) is 21.9. The van der Waals surface area contributed by atoms with Crippen LogP contribution in [-0.2, 0) is 23.8 Å². The zero-order chi connectivity index (χ0) is 26.1. The van der Waals surface area contributed by atoms with Crippen LogP contribution in [0.1, 0.15) is 47.5 Å². The lowest BCUT2D eigenvalue weighted by molar-refractivity contribution is -0.205. The Bertz CT molecular complexity index is 860. The van der Waals surface area contributed by atoms with E-state index in [1.807, 2.05) is 30.7 Å². The van der Waals surface area contributed by atoms with Crippen LogP contribution in [0.15, 0.2) is 16.5 Å². The van der Waals surface area contributed by atoms with Crippen LogP contribution in [0.2, 0.25) is 0 Å². The molecule has 5 unspecified atom stereocenters. The van der Waals surface area contributed by atoms with E-state index in [9.17, 15) is 9.90 Å². The summed E-state index contributed by atoms with van der Waals surface area (Å²) in [4.78, 5) is 25.5. The maximum atomic E-state index is 11.6. The van der Waals surface area contributed by atoms with E-state index in [4.69, 9.17) is 23.8 Å². The molecule has 5 atom stereocenters. The molecule has 4 aliphatic heterocycles. The van der Waals surface area contributed by atoms with Gasteiger partial charge in [0, 0.05) is 7.05 Å². The Morgan fingerprint density at radius 2 is 2.06 bits per heavy atom. The summed E-state index contributed by atoms with van der Waals surface area (Å²) in [5.41, 5.74) is 2.69. The van der Waals surface area contributed by atoms with Gasteiger partial charge in [-0.05, 0) is 54.0 Å². The number of aliphatic hydroxyl groups is 1. The second-order valence-electron chi connectivity index (χ2n) is 10.8. The molecule has 13 heteroatoms. The van der Waals surface area contributed by atoms with Gasteiger partial charge < -0.3 is 39.2 Å². The highest BCUT2D eigenvalue weighted by Gasteiger charge is 2.57. The van der Waals surface area contributed by atoms with Crippen LogP contribution in [0.5, 0.6) is 0 Å². The predicted molar refractivity (Wildman–Crippen MR) is 129 cm³/mol. The van der Waals surface area contributed by atoms with Crippen LogP contribution in [-0.4, -0.2) is 103 Å². The molecule has 36 heavy (non-hydrogen) atoms. The van der Waals surface area contributed by atoms with Gasteiger partial charge in [0.2, 0.25) is 0 Å². The zero-order valence-corrected chi connectivity index (χ0v) is 21.9. The summed E-state index contributed by atoms with van der Waals surface area (Å²) >= 11 is 0. The summed E-state index contributed by atoms with van der Waals surface area (Å²) in [5.74, 6) is 0.0488. The van der Waals surface area contributed by atoms with Crippen molar-refractivity contribution in [3.8, 4) is 0 Å². The number of amides is 1. The summed E-state index contributed by atoms with van der Waals surface area (Å²) in [5, 5.41) is 16.8. The van der Waals surface area contributed by atoms with Crippen LogP contribution >= 0.6 is 0 Å². The number of nitrogens with zero attached hydrogens (tertiary/aromatic N) is 3. The number of nitrogens with one attached hydrogen (secondary N) is 3. The molecule has 0 aromatic rings. The first-order valence-corrected chi connectivity index (χ1v) is 12.5. The fourth-order valence-electron chi connectivity index (χ4n) is 4.72. The molecule has 0 spiro atoms. The summed E-state index contributed by atoms with van der Waals surface area (Å²) in [6, 6.07) is 0. The van der Waals surface area contributed by atoms with Crippen molar-refractivity contribution in [3.05, 3.63) is 11.5 Å². The van der Waals surface area contributed by atoms with E-state index in [0.29, 0.717) is 13.3 Å². The summed E-state index contributed by atoms with van der Waals surface area (Å²) < 4.78 is 23.4. The molecule has 0 aromatic carbocycles. The van der Waals surface area contributed by atoms with E-state index in [1.54, 1.807) is 27.1 Å². The third-order valence-electron chi connectivity index (χ3n) is 6.17. The normalized spacial score (nSPS) is 30.9. The van der Waals surface area contributed by atoms with Crippen molar-refractivity contribution in [2.75, 3.05) is 33.5 Å². The lowest BCUT2D eigenvalue weighted by atomic mass is 10.1. The van der Waals surface area contributed by atoms with Crippen LogP contribution in [0.25, 0.3) is 0 Å². The fraction of sp³-hybridized carbons (Fsp3) is 0.826. The maximum Gasteiger partial charge on any atom is 0.431 e. The molecular weight excluding hydrogens is 472 g/mol. The summed E-state index contributed by atoms with van der Waals surface area (Å²) in [6.07, 6.45) is 1.15. The van der Waals surface area contributed by atoms with Gasteiger partial charge in [0.15, 0.2) is 17.8 Å². The van der Waals surface area contributed by atoms with Crippen LogP contribution in [0.4, 0.5) is 4.79 Å². The minimum Gasteiger partial charge on any atom is -0.442 e. The van der Waals surface area contributed by atoms with Gasteiger partial charge >= 0.3 is 6.09 Å². The van der Waals surface area contributed by atoms with E-state index in [2.05, 4.69) is 21.1 Å². The molecule has 2 fully saturated rings. The second kappa shape index (κ2) is 10.7. The largest absolute Gasteiger partial charge is 0.442 e. The lowest BCUT2D eigenvalue weighted by Crippen LogP contribution is -2.48. The molecule has 0 aromatic heterocycles. The van der Waals surface area contributed by atoms with E-state index in [0.717, 1.165) is 30.9 Å². The molecule has 4 rings (SSSR count). The predicted octanol–water partition coefficient (Wildman–Crippen LogP) is 0.381. The first-order chi connectivity index (χ1) is 17.0. The number of carbonyl (C=O) groups excluding carboxylic acids is 1. The second-order valence-corrected chi connectivity index (χ2v) is 10.8. The molecule has 0 radical (unpaired) electrons. The van der Waals surface area contributed by atoms with Gasteiger partial charge in [-0.25, -0.2) is 9.79 Å². The van der Waals surface area contributed by atoms with Gasteiger partial charge in [-0.2, -0.15) is 5.48 Å². The SMILES string of the molecule is CN1C=NC2=C(NCN2C2OC(CO)C3OC(C)(C)OC32)C1NCCCCONC(=O)OC(C)(C)C. The first kappa shape index (κ1) is 26.9. The van der Waals surface area contributed by atoms with Gasteiger partial charge in [0.05, 0.1) is 31.9 Å². The van der Waals surface area contributed by atoms with Crippen molar-refractivity contribution >= 4 is 12.4 Å². The van der Waals surface area contributed by atoms with Crippen molar-refractivity contribution < 1.29 is 33.7 Å². The smallest absolute Gasteiger partial charge is 0.431 e. The molecule has 0 bridgehead atoms. The van der Waals surface area contributed by atoms with E-state index in [1.165, 1.54) is 0 Å². The molecular formula is C23H40N6O7. The topological polar surface area (TPSA) is 138 Å². The third-order valence-corrected chi connectivity index (χ3v) is 6.17. The van der Waals surface area contributed by atoms with Crippen molar-refractivity contribution in [1.29, 1.82) is 0 Å². The monoisotopic (exact) mass is 512 g/mol. The van der Waals surface area contributed by atoms with Crippen molar-refractivity contribution in [1.82, 2.24) is 25.9 Å². The summed E-state index contributed by atoms with van der Waals surface area (Å²) in [6.45, 7) is 10.6. The van der Waals surface area contributed by atoms with Crippen LogP contribution in [0.3, 0.4) is 0 Å². The van der Waals surface area contributed by atoms with Gasteiger partial charge in [0.25, 0.3) is 0 Å². The highest BCUT2D eigenvalue weighted by atomic mass is 16.8. The minimum absolute atomic E-state index is 0.0914. The Labute approximate surface area is 212 Å². The van der Waals surface area contributed by atoms with E-state index >= 15 is 0 Å². The molecule has 4 heterocycles. The molecule has 4 N–H and O–H groups in total. The maximum absolute atomic E-state index is 11.6. The Balaban J connectivity index is 1.27. The van der Waals surface area contributed by atoms with Crippen molar-refractivity contribution in [2.24, 2.45) is 4.99 Å². The lowest BCUT2D eigenvalue weighted by Gasteiger charge is -2.33. The molecule has 204 valence electrons. The van der Waals surface area contributed by atoms with Gasteiger partial charge in [0.1, 0.15) is 30.1 Å². The number of ether oxygens (including phenoxy) is 4. The standard InChI is InChI=1S/C23H40N6O7/c1-22(2,3)36-21(31)27-32-10-8-7-9-24-18-15-19(26-12-28(18)6)29(13-25-15)20-17-16(14(11-30)33-20)34-23(4,5)35-17/h12,14,16-18,20,24-25,30H,7-11,13H2,1-6H3,(H,27,31). The molecule has 13 nitrogen and oxygen atoms in total. The quantitative estimate of drug-likeness (QED) is 0.252. The number of unbranched alkanes of at least 4 members (excludes halogenated alkanes) is 1. The minimum atomic E-state index is -0.735. The third kappa shape index (κ3) is 6.03. The van der Waals surface area contributed by atoms with Crippen LogP contribution in [0, 0.1) is 0 Å². The van der Waals surface area contributed by atoms with E-state index < -0.39 is 29.8 Å². The molecule has 4 aliphatic rings. The number of carbonyl (C=O) groups is 1. The fourth-order valence-corrected chi connectivity index (χ4v) is 4.72. The van der Waals surface area contributed by atoms with Gasteiger partial charge in [-0.15, -0.1) is 0 Å². The molecule has 1 amide bonds. The van der Waals surface area contributed by atoms with Crippen LogP contribution < -0.4 is 16.1 Å². The number of hydrogen-bond acceptors (Lipinski definition) is 12. The first-order valence-electron chi connectivity index (χ1n) is 12.5. The number of rotatable bonds is 9. The van der Waals surface area contributed by atoms with E-state index in [-0.39, 0.29) is 25.0 Å². The Morgan fingerprint density at radius 3 is 2.78 bits per heavy atom. The Hall–Kier alpha value is -2.16. The molecule has 0 saturated carbocycles. The van der Waals surface area contributed by atoms with Crippen molar-refractivity contribution in [3.63, 3.8) is 0 Å². The van der Waals surface area contributed by atoms with Gasteiger partial charge in [-0.1, -0.05) is 0 Å². The molecule has 2 saturated heterocycles. The highest BCUT2D eigenvalue weighted by Crippen LogP contribution is 2.41. The highest BCUT2D eigenvalue weighted by molar-refractivity contribution is 5.66. The Morgan fingerprint density at radius 1 is 1.31 bits per heavy atom. The number of hydroxylamine groups is 1. The number of fused-ring (bicyclic) bond motifs is 1. The average Bonchev–Trinajstić information content (AvgIpc) is 3.43. The number of hydrogen-bond donors (Lipinski definition) is 4. The van der Waals surface area contributed by atoms with Crippen molar-refractivity contribution in [2.45, 2.75) is 89.6 Å². The summed E-state index contributed by atoms with van der Waals surface area (Å²) in [7, 11) is 1.96. The number of aliphatic hydroxyl groups excluding tert-OH is 1. The van der Waals surface area contributed by atoms with Gasteiger partial charge in [-0.3, -0.25) is 10.2 Å². The average molecular weight is 513 g/mol. The number of aliphatic imine (C=N–C) groups is 1.